The topological polar surface area (TPSA) is 30.0 Å². The number of rotatable bonds is 3. The lowest BCUT2D eigenvalue weighted by Crippen LogP contribution is -2.13. The van der Waals surface area contributed by atoms with E-state index in [9.17, 15) is 22.4 Å². The highest BCUT2D eigenvalue weighted by Gasteiger charge is 2.35. The van der Waals surface area contributed by atoms with Crippen LogP contribution in [-0.2, 0) is 12.6 Å². The van der Waals surface area contributed by atoms with Gasteiger partial charge in [-0.25, -0.2) is 4.39 Å². The Morgan fingerprint density at radius 3 is 2.35 bits per heavy atom. The average molecular weight is 283 g/mol. The summed E-state index contributed by atoms with van der Waals surface area (Å²) < 4.78 is 51.4. The Bertz CT molecular complexity index is 623. The third-order valence-electron chi connectivity index (χ3n) is 2.72. The largest absolute Gasteiger partial charge is 0.419 e. The highest BCUT2D eigenvalue weighted by atomic mass is 19.4. The number of carbonyl (C=O) groups is 1. The predicted molar refractivity (Wildman–Crippen MR) is 63.7 cm³/mol. The molecule has 2 rings (SSSR count). The molecule has 0 aliphatic rings. The Balaban J connectivity index is 2.32. The number of hydrogen-bond acceptors (Lipinski definition) is 2. The molecular weight excluding hydrogens is 274 g/mol. The van der Waals surface area contributed by atoms with Crippen molar-refractivity contribution in [2.45, 2.75) is 12.6 Å². The molecule has 0 spiro atoms. The van der Waals surface area contributed by atoms with E-state index < -0.39 is 28.9 Å². The molecular formula is C14H9F4NO. The van der Waals surface area contributed by atoms with Gasteiger partial charge in [-0.3, -0.25) is 9.78 Å². The Hall–Kier alpha value is -2.24. The van der Waals surface area contributed by atoms with Gasteiger partial charge in [-0.2, -0.15) is 13.2 Å². The summed E-state index contributed by atoms with van der Waals surface area (Å²) in [6.45, 7) is 0. The van der Waals surface area contributed by atoms with Crippen LogP contribution in [0.25, 0.3) is 0 Å². The molecule has 2 aromatic rings. The van der Waals surface area contributed by atoms with Gasteiger partial charge in [0, 0.05) is 18.8 Å². The molecule has 0 saturated carbocycles. The smallest absolute Gasteiger partial charge is 0.294 e. The summed E-state index contributed by atoms with van der Waals surface area (Å²) in [4.78, 5) is 15.6. The van der Waals surface area contributed by atoms with E-state index in [1.165, 1.54) is 12.4 Å². The Kier molecular flexibility index (Phi) is 3.83. The number of benzene rings is 1. The van der Waals surface area contributed by atoms with Crippen LogP contribution in [0.15, 0.2) is 42.7 Å². The zero-order valence-electron chi connectivity index (χ0n) is 10.1. The fraction of sp³-hybridized carbons (Fsp3) is 0.143. The van der Waals surface area contributed by atoms with Gasteiger partial charge < -0.3 is 0 Å². The molecule has 0 fully saturated rings. The molecule has 0 aliphatic carbocycles. The van der Waals surface area contributed by atoms with Gasteiger partial charge in [-0.15, -0.1) is 0 Å². The summed E-state index contributed by atoms with van der Waals surface area (Å²) in [7, 11) is 0. The van der Waals surface area contributed by atoms with Gasteiger partial charge >= 0.3 is 6.18 Å². The van der Waals surface area contributed by atoms with Crippen molar-refractivity contribution in [1.29, 1.82) is 0 Å². The van der Waals surface area contributed by atoms with Crippen LogP contribution in [0.3, 0.4) is 0 Å². The second-order valence-corrected chi connectivity index (χ2v) is 4.12. The number of pyridine rings is 1. The summed E-state index contributed by atoms with van der Waals surface area (Å²) in [5.74, 6) is -2.24. The van der Waals surface area contributed by atoms with Crippen LogP contribution in [0.2, 0.25) is 0 Å². The van der Waals surface area contributed by atoms with E-state index >= 15 is 0 Å². The van der Waals surface area contributed by atoms with Gasteiger partial charge in [-0.1, -0.05) is 6.07 Å². The zero-order valence-corrected chi connectivity index (χ0v) is 10.1. The van der Waals surface area contributed by atoms with Crippen LogP contribution in [0.4, 0.5) is 17.6 Å². The minimum Gasteiger partial charge on any atom is -0.294 e. The number of ketones is 1. The van der Waals surface area contributed by atoms with Crippen molar-refractivity contribution in [1.82, 2.24) is 4.98 Å². The lowest BCUT2D eigenvalue weighted by Gasteiger charge is -2.10. The third kappa shape index (κ3) is 3.01. The molecule has 0 N–H and O–H groups in total. The second kappa shape index (κ2) is 5.40. The summed E-state index contributed by atoms with van der Waals surface area (Å²) in [5.41, 5.74) is -1.43. The molecule has 0 aliphatic heterocycles. The molecule has 0 atom stereocenters. The van der Waals surface area contributed by atoms with Crippen LogP contribution in [-0.4, -0.2) is 10.8 Å². The van der Waals surface area contributed by atoms with Crippen LogP contribution in [0, 0.1) is 5.82 Å². The summed E-state index contributed by atoms with van der Waals surface area (Å²) in [5, 5.41) is 0. The number of hydrogen-bond donors (Lipinski definition) is 0. The maximum Gasteiger partial charge on any atom is 0.419 e. The number of halogens is 4. The maximum absolute atomic E-state index is 13.8. The third-order valence-corrected chi connectivity index (χ3v) is 2.72. The first-order chi connectivity index (χ1) is 9.39. The van der Waals surface area contributed by atoms with Gasteiger partial charge in [0.25, 0.3) is 0 Å². The highest BCUT2D eigenvalue weighted by molar-refractivity contribution is 5.97. The molecule has 0 saturated heterocycles. The minimum atomic E-state index is -4.82. The number of Topliss-reactive ketones (excluding diaryl/α,β-unsaturated/α-hetero) is 1. The first-order valence-electron chi connectivity index (χ1n) is 5.67. The minimum absolute atomic E-state index is 0.180. The molecule has 104 valence electrons. The molecule has 1 heterocycles. The quantitative estimate of drug-likeness (QED) is 0.635. The van der Waals surface area contributed by atoms with E-state index in [1.807, 2.05) is 0 Å². The van der Waals surface area contributed by atoms with Crippen LogP contribution in [0.1, 0.15) is 21.5 Å². The second-order valence-electron chi connectivity index (χ2n) is 4.12. The van der Waals surface area contributed by atoms with Crippen molar-refractivity contribution in [3.63, 3.8) is 0 Å². The zero-order chi connectivity index (χ0) is 14.8. The van der Waals surface area contributed by atoms with Gasteiger partial charge in [0.2, 0.25) is 0 Å². The van der Waals surface area contributed by atoms with E-state index in [0.29, 0.717) is 11.6 Å². The molecule has 0 unspecified atom stereocenters. The molecule has 0 radical (unpaired) electrons. The molecule has 2 nitrogen and oxygen atoms in total. The fourth-order valence-corrected chi connectivity index (χ4v) is 1.75. The van der Waals surface area contributed by atoms with E-state index in [-0.39, 0.29) is 6.42 Å². The maximum atomic E-state index is 13.8. The number of aromatic nitrogens is 1. The number of alkyl halides is 3. The number of carbonyl (C=O) groups excluding carboxylic acids is 1. The molecule has 6 heteroatoms. The standard InChI is InChI=1S/C14H9F4NO/c15-13-10(2-1-3-11(13)14(16,17)18)12(20)8-9-4-6-19-7-5-9/h1-7H,8H2. The Morgan fingerprint density at radius 2 is 1.75 bits per heavy atom. The van der Waals surface area contributed by atoms with Crippen molar-refractivity contribution in [2.75, 3.05) is 0 Å². The van der Waals surface area contributed by atoms with Crippen LogP contribution >= 0.6 is 0 Å². The molecule has 1 aromatic heterocycles. The Morgan fingerprint density at radius 1 is 1.10 bits per heavy atom. The monoisotopic (exact) mass is 283 g/mol. The van der Waals surface area contributed by atoms with Crippen LogP contribution in [0.5, 0.6) is 0 Å². The van der Waals surface area contributed by atoms with E-state index in [4.69, 9.17) is 0 Å². The molecule has 1 aromatic carbocycles. The molecule has 0 bridgehead atoms. The Labute approximate surface area is 112 Å². The number of nitrogens with zero attached hydrogens (tertiary/aromatic N) is 1. The van der Waals surface area contributed by atoms with E-state index in [2.05, 4.69) is 4.98 Å². The SMILES string of the molecule is O=C(Cc1ccncc1)c1cccc(C(F)(F)F)c1F. The van der Waals surface area contributed by atoms with Gasteiger partial charge in [-0.05, 0) is 29.8 Å². The van der Waals surface area contributed by atoms with E-state index in [1.54, 1.807) is 12.1 Å². The van der Waals surface area contributed by atoms with Gasteiger partial charge in [0.1, 0.15) is 5.82 Å². The average Bonchev–Trinajstić information content (AvgIpc) is 2.38. The van der Waals surface area contributed by atoms with Crippen molar-refractivity contribution < 1.29 is 22.4 Å². The highest BCUT2D eigenvalue weighted by Crippen LogP contribution is 2.32. The normalized spacial score (nSPS) is 11.4. The van der Waals surface area contributed by atoms with Gasteiger partial charge in [0.05, 0.1) is 11.1 Å². The fourth-order valence-electron chi connectivity index (χ4n) is 1.75. The molecule has 0 amide bonds. The van der Waals surface area contributed by atoms with Crippen LogP contribution < -0.4 is 0 Å². The van der Waals surface area contributed by atoms with Crippen molar-refractivity contribution in [3.05, 3.63) is 65.2 Å². The first kappa shape index (κ1) is 14.2. The predicted octanol–water partition coefficient (Wildman–Crippen LogP) is 3.66. The lowest BCUT2D eigenvalue weighted by molar-refractivity contribution is -0.140. The van der Waals surface area contributed by atoms with Gasteiger partial charge in [0.15, 0.2) is 5.78 Å². The summed E-state index contributed by atoms with van der Waals surface area (Å²) in [6, 6.07) is 5.77. The summed E-state index contributed by atoms with van der Waals surface area (Å²) >= 11 is 0. The van der Waals surface area contributed by atoms with Crippen molar-refractivity contribution in [2.24, 2.45) is 0 Å². The first-order valence-corrected chi connectivity index (χ1v) is 5.67. The van der Waals surface area contributed by atoms with Crippen molar-refractivity contribution in [3.8, 4) is 0 Å². The summed E-state index contributed by atoms with van der Waals surface area (Å²) in [6.07, 6.45) is -2.10. The lowest BCUT2D eigenvalue weighted by atomic mass is 10.0. The van der Waals surface area contributed by atoms with Crippen molar-refractivity contribution >= 4 is 5.78 Å². The van der Waals surface area contributed by atoms with E-state index in [0.717, 1.165) is 12.1 Å². The molecule has 20 heavy (non-hydrogen) atoms.